The Balaban J connectivity index is 1.96. The van der Waals surface area contributed by atoms with Gasteiger partial charge in [0.2, 0.25) is 0 Å². The molecule has 2 rings (SSSR count). The maximum Gasteiger partial charge on any atom is 0.319 e. The Kier molecular flexibility index (Phi) is 4.86. The van der Waals surface area contributed by atoms with Crippen LogP contribution in [0.15, 0.2) is 0 Å². The van der Waals surface area contributed by atoms with Crippen molar-refractivity contribution < 1.29 is 23.8 Å². The summed E-state index contributed by atoms with van der Waals surface area (Å²) < 4.78 is 16.1. The Labute approximate surface area is 117 Å². The molecule has 1 aliphatic heterocycles. The zero-order chi connectivity index (χ0) is 13.9. The van der Waals surface area contributed by atoms with Crippen LogP contribution in [0.4, 0.5) is 0 Å². The average molecular weight is 288 g/mol. The normalized spacial score (nSPS) is 24.3. The van der Waals surface area contributed by atoms with Crippen molar-refractivity contribution in [3.8, 4) is 0 Å². The number of hydrogen-bond acceptors (Lipinski definition) is 6. The van der Waals surface area contributed by atoms with Crippen LogP contribution in [0, 0.1) is 5.92 Å². The van der Waals surface area contributed by atoms with Crippen molar-refractivity contribution in [2.45, 2.75) is 43.6 Å². The summed E-state index contributed by atoms with van der Waals surface area (Å²) in [5.41, 5.74) is 0. The van der Waals surface area contributed by atoms with Gasteiger partial charge in [0.1, 0.15) is 5.25 Å². The first kappa shape index (κ1) is 14.8. The molecular weight excluding hydrogens is 268 g/mol. The molecule has 1 unspecified atom stereocenters. The van der Waals surface area contributed by atoms with E-state index >= 15 is 0 Å². The second-order valence-electron chi connectivity index (χ2n) is 5.00. The predicted octanol–water partition coefficient (Wildman–Crippen LogP) is 1.74. The summed E-state index contributed by atoms with van der Waals surface area (Å²) in [4.78, 5) is 23.1. The van der Waals surface area contributed by atoms with Crippen LogP contribution in [0.1, 0.15) is 32.6 Å². The summed E-state index contributed by atoms with van der Waals surface area (Å²) in [5.74, 6) is -0.591. The number of carbonyl (C=O) groups excluding carboxylic acids is 2. The van der Waals surface area contributed by atoms with E-state index in [1.165, 1.54) is 14.0 Å². The topological polar surface area (TPSA) is 61.8 Å². The van der Waals surface area contributed by atoms with Crippen LogP contribution in [-0.2, 0) is 23.8 Å². The Morgan fingerprint density at radius 1 is 1.26 bits per heavy atom. The van der Waals surface area contributed by atoms with E-state index in [2.05, 4.69) is 0 Å². The molecular formula is C13H20O5S. The fraction of sp³-hybridized carbons (Fsp3) is 0.846. The number of rotatable bonds is 3. The molecule has 19 heavy (non-hydrogen) atoms. The number of methoxy groups -OCH3 is 1. The minimum absolute atomic E-state index is 0.0518. The molecule has 5 nitrogen and oxygen atoms in total. The first-order valence-corrected chi connectivity index (χ1v) is 7.47. The van der Waals surface area contributed by atoms with E-state index in [1.807, 2.05) is 0 Å². The molecule has 0 aromatic heterocycles. The summed E-state index contributed by atoms with van der Waals surface area (Å²) in [7, 11) is 1.36. The van der Waals surface area contributed by atoms with Crippen molar-refractivity contribution >= 4 is 22.8 Å². The minimum Gasteiger partial charge on any atom is -0.468 e. The zero-order valence-electron chi connectivity index (χ0n) is 11.3. The summed E-state index contributed by atoms with van der Waals surface area (Å²) in [6, 6.07) is 0. The highest BCUT2D eigenvalue weighted by atomic mass is 32.2. The van der Waals surface area contributed by atoms with Gasteiger partial charge in [-0.05, 0) is 18.8 Å². The maximum atomic E-state index is 11.8. The van der Waals surface area contributed by atoms with Crippen LogP contribution in [0.3, 0.4) is 0 Å². The van der Waals surface area contributed by atoms with Gasteiger partial charge in [-0.2, -0.15) is 0 Å². The van der Waals surface area contributed by atoms with Crippen LogP contribution >= 0.6 is 11.8 Å². The molecule has 108 valence electrons. The third-order valence-electron chi connectivity index (χ3n) is 3.76. The van der Waals surface area contributed by atoms with Crippen molar-refractivity contribution in [1.29, 1.82) is 0 Å². The molecule has 1 saturated heterocycles. The molecule has 1 atom stereocenters. The Hall–Kier alpha value is -0.590. The van der Waals surface area contributed by atoms with Crippen LogP contribution in [0.5, 0.6) is 0 Å². The van der Waals surface area contributed by atoms with E-state index in [1.54, 1.807) is 0 Å². The van der Waals surface area contributed by atoms with E-state index < -0.39 is 11.0 Å². The smallest absolute Gasteiger partial charge is 0.319 e. The van der Waals surface area contributed by atoms with E-state index in [4.69, 9.17) is 14.2 Å². The van der Waals surface area contributed by atoms with Gasteiger partial charge in [0, 0.05) is 19.8 Å². The molecule has 0 aromatic carbocycles. The van der Waals surface area contributed by atoms with Gasteiger partial charge in [0.05, 0.1) is 20.3 Å². The van der Waals surface area contributed by atoms with Crippen LogP contribution in [-0.4, -0.2) is 42.4 Å². The lowest BCUT2D eigenvalue weighted by molar-refractivity contribution is -0.183. The van der Waals surface area contributed by atoms with E-state index in [0.29, 0.717) is 13.2 Å². The van der Waals surface area contributed by atoms with Gasteiger partial charge < -0.3 is 14.2 Å². The number of carbonyl (C=O) groups is 2. The molecule has 1 heterocycles. The number of hydrogen-bond donors (Lipinski definition) is 0. The molecule has 0 aromatic rings. The van der Waals surface area contributed by atoms with Crippen molar-refractivity contribution in [1.82, 2.24) is 0 Å². The molecule has 0 bridgehead atoms. The first-order valence-electron chi connectivity index (χ1n) is 6.59. The first-order chi connectivity index (χ1) is 9.06. The minimum atomic E-state index is -0.432. The summed E-state index contributed by atoms with van der Waals surface area (Å²) in [6.45, 7) is 2.77. The number of ether oxygens (including phenoxy) is 3. The molecule has 0 radical (unpaired) electrons. The van der Waals surface area contributed by atoms with Crippen molar-refractivity contribution in [3.05, 3.63) is 0 Å². The van der Waals surface area contributed by atoms with Gasteiger partial charge in [0.25, 0.3) is 0 Å². The monoisotopic (exact) mass is 288 g/mol. The van der Waals surface area contributed by atoms with Gasteiger partial charge >= 0.3 is 5.97 Å². The van der Waals surface area contributed by atoms with Crippen molar-refractivity contribution in [2.75, 3.05) is 20.3 Å². The highest BCUT2D eigenvalue weighted by Crippen LogP contribution is 2.42. The SMILES string of the molecule is COC(=O)C(SC(C)=O)C1CCC2(CC1)OCCO2. The van der Waals surface area contributed by atoms with E-state index in [0.717, 1.165) is 37.4 Å². The summed E-state index contributed by atoms with van der Waals surface area (Å²) >= 11 is 1.07. The Morgan fingerprint density at radius 2 is 1.84 bits per heavy atom. The highest BCUT2D eigenvalue weighted by Gasteiger charge is 2.43. The van der Waals surface area contributed by atoms with E-state index in [9.17, 15) is 9.59 Å². The second kappa shape index (κ2) is 6.24. The van der Waals surface area contributed by atoms with Gasteiger partial charge in [0.15, 0.2) is 10.9 Å². The fourth-order valence-electron chi connectivity index (χ4n) is 2.80. The van der Waals surface area contributed by atoms with Gasteiger partial charge in [-0.15, -0.1) is 0 Å². The van der Waals surface area contributed by atoms with E-state index in [-0.39, 0.29) is 17.0 Å². The average Bonchev–Trinajstić information content (AvgIpc) is 2.84. The maximum absolute atomic E-state index is 11.8. The van der Waals surface area contributed by atoms with Crippen LogP contribution in [0.2, 0.25) is 0 Å². The largest absolute Gasteiger partial charge is 0.468 e. The molecule has 0 amide bonds. The molecule has 1 aliphatic carbocycles. The summed E-state index contributed by atoms with van der Waals surface area (Å²) in [5, 5.41) is -0.453. The highest BCUT2D eigenvalue weighted by molar-refractivity contribution is 8.14. The predicted molar refractivity (Wildman–Crippen MR) is 70.7 cm³/mol. The second-order valence-corrected chi connectivity index (χ2v) is 6.32. The Bertz CT molecular complexity index is 341. The number of esters is 1. The van der Waals surface area contributed by atoms with Crippen LogP contribution < -0.4 is 0 Å². The molecule has 1 spiro atoms. The third kappa shape index (κ3) is 3.49. The molecule has 2 aliphatic rings. The lowest BCUT2D eigenvalue weighted by Gasteiger charge is -2.37. The zero-order valence-corrected chi connectivity index (χ0v) is 12.2. The van der Waals surface area contributed by atoms with Gasteiger partial charge in [-0.1, -0.05) is 11.8 Å². The quantitative estimate of drug-likeness (QED) is 0.737. The molecule has 1 saturated carbocycles. The Morgan fingerprint density at radius 3 is 2.32 bits per heavy atom. The molecule has 2 fully saturated rings. The van der Waals surface area contributed by atoms with Gasteiger partial charge in [-0.3, -0.25) is 9.59 Å². The summed E-state index contributed by atoms with van der Waals surface area (Å²) in [6.07, 6.45) is 3.20. The number of thioether (sulfide) groups is 1. The lowest BCUT2D eigenvalue weighted by Crippen LogP contribution is -2.40. The molecule has 6 heteroatoms. The van der Waals surface area contributed by atoms with Crippen molar-refractivity contribution in [2.24, 2.45) is 5.92 Å². The third-order valence-corrected chi connectivity index (χ3v) is 4.92. The standard InChI is InChI=1S/C13H20O5S/c1-9(14)19-11(12(15)16-2)10-3-5-13(6-4-10)17-7-8-18-13/h10-11H,3-8H2,1-2H3. The molecule has 0 N–H and O–H groups in total. The van der Waals surface area contributed by atoms with Crippen LogP contribution in [0.25, 0.3) is 0 Å². The fourth-order valence-corrected chi connectivity index (χ4v) is 3.81. The van der Waals surface area contributed by atoms with Crippen molar-refractivity contribution in [3.63, 3.8) is 0 Å². The van der Waals surface area contributed by atoms with Gasteiger partial charge in [-0.25, -0.2) is 0 Å². The lowest BCUT2D eigenvalue weighted by atomic mass is 9.83.